The summed E-state index contributed by atoms with van der Waals surface area (Å²) in [5.41, 5.74) is 2.76. The summed E-state index contributed by atoms with van der Waals surface area (Å²) in [5, 5.41) is 13.8. The normalized spacial score (nSPS) is 28.7. The molecule has 0 bridgehead atoms. The predicted molar refractivity (Wildman–Crippen MR) is 86.6 cm³/mol. The minimum absolute atomic E-state index is 0.295. The Labute approximate surface area is 128 Å². The number of hydrogen-bond donors (Lipinski definition) is 2. The molecule has 2 N–H and O–H groups in total. The maximum absolute atomic E-state index is 10.2. The van der Waals surface area contributed by atoms with E-state index in [0.717, 1.165) is 25.2 Å². The van der Waals surface area contributed by atoms with E-state index in [1.165, 1.54) is 37.8 Å². The van der Waals surface area contributed by atoms with E-state index >= 15 is 0 Å². The monoisotopic (exact) mass is 288 g/mol. The van der Waals surface area contributed by atoms with E-state index in [1.54, 1.807) is 0 Å². The first-order valence-corrected chi connectivity index (χ1v) is 8.34. The molecule has 0 aliphatic carbocycles. The van der Waals surface area contributed by atoms with Gasteiger partial charge in [-0.2, -0.15) is 0 Å². The molecule has 3 nitrogen and oxygen atoms in total. The van der Waals surface area contributed by atoms with Crippen LogP contribution in [0.1, 0.15) is 49.8 Å². The second-order valence-corrected chi connectivity index (χ2v) is 7.09. The van der Waals surface area contributed by atoms with Crippen molar-refractivity contribution in [3.8, 4) is 5.75 Å². The van der Waals surface area contributed by atoms with Crippen molar-refractivity contribution in [2.75, 3.05) is 26.2 Å². The van der Waals surface area contributed by atoms with Crippen LogP contribution in [0.5, 0.6) is 5.75 Å². The van der Waals surface area contributed by atoms with E-state index in [0.29, 0.717) is 17.2 Å². The summed E-state index contributed by atoms with van der Waals surface area (Å²) in [6.45, 7) is 8.99. The van der Waals surface area contributed by atoms with Crippen LogP contribution in [-0.2, 0) is 0 Å². The van der Waals surface area contributed by atoms with Gasteiger partial charge < -0.3 is 10.4 Å². The van der Waals surface area contributed by atoms with Gasteiger partial charge >= 0.3 is 0 Å². The fourth-order valence-electron chi connectivity index (χ4n) is 4.16. The number of phenolic OH excluding ortho intramolecular Hbond substituents is 1. The number of aromatic hydroxyl groups is 1. The summed E-state index contributed by atoms with van der Waals surface area (Å²) in [7, 11) is 0. The van der Waals surface area contributed by atoms with Crippen molar-refractivity contribution in [3.05, 3.63) is 29.3 Å². The zero-order chi connectivity index (χ0) is 14.9. The molecular formula is C18H28N2O. The lowest BCUT2D eigenvalue weighted by atomic mass is 9.74. The van der Waals surface area contributed by atoms with E-state index in [9.17, 15) is 5.11 Å². The molecule has 0 radical (unpaired) electrons. The zero-order valence-corrected chi connectivity index (χ0v) is 13.4. The molecule has 116 valence electrons. The van der Waals surface area contributed by atoms with Crippen LogP contribution >= 0.6 is 0 Å². The lowest BCUT2D eigenvalue weighted by Crippen LogP contribution is -2.51. The molecular weight excluding hydrogens is 260 g/mol. The molecule has 21 heavy (non-hydrogen) atoms. The van der Waals surface area contributed by atoms with Crippen molar-refractivity contribution in [3.63, 3.8) is 0 Å². The van der Waals surface area contributed by atoms with Crippen LogP contribution in [0, 0.1) is 12.3 Å². The number of hydrogen-bond acceptors (Lipinski definition) is 3. The average molecular weight is 288 g/mol. The van der Waals surface area contributed by atoms with E-state index in [1.807, 2.05) is 12.1 Å². The van der Waals surface area contributed by atoms with Gasteiger partial charge in [0, 0.05) is 24.7 Å². The van der Waals surface area contributed by atoms with Crippen LogP contribution in [0.25, 0.3) is 0 Å². The lowest BCUT2D eigenvalue weighted by molar-refractivity contribution is 0.0410. The zero-order valence-electron chi connectivity index (χ0n) is 13.4. The van der Waals surface area contributed by atoms with Gasteiger partial charge in [0.05, 0.1) is 0 Å². The number of benzene rings is 1. The van der Waals surface area contributed by atoms with Crippen LogP contribution in [0.15, 0.2) is 18.2 Å². The summed E-state index contributed by atoms with van der Waals surface area (Å²) in [6, 6.07) is 6.25. The highest BCUT2D eigenvalue weighted by Crippen LogP contribution is 2.40. The summed E-state index contributed by atoms with van der Waals surface area (Å²) in [5.74, 6) is 0.439. The molecule has 2 atom stereocenters. The molecule has 3 rings (SSSR count). The first-order chi connectivity index (χ1) is 10.1. The fourth-order valence-corrected chi connectivity index (χ4v) is 4.16. The van der Waals surface area contributed by atoms with Gasteiger partial charge in [-0.1, -0.05) is 17.7 Å². The molecule has 2 unspecified atom stereocenters. The van der Waals surface area contributed by atoms with Gasteiger partial charge in [-0.3, -0.25) is 4.90 Å². The number of piperidine rings is 2. The maximum Gasteiger partial charge on any atom is 0.120 e. The van der Waals surface area contributed by atoms with E-state index in [-0.39, 0.29) is 0 Å². The Balaban J connectivity index is 1.77. The quantitative estimate of drug-likeness (QED) is 0.877. The van der Waals surface area contributed by atoms with Crippen molar-refractivity contribution in [1.82, 2.24) is 10.2 Å². The molecule has 0 saturated carbocycles. The predicted octanol–water partition coefficient (Wildman–Crippen LogP) is 3.23. The molecule has 1 aromatic rings. The van der Waals surface area contributed by atoms with Crippen molar-refractivity contribution in [1.29, 1.82) is 0 Å². The Hall–Kier alpha value is -1.06. The molecule has 3 heteroatoms. The highest BCUT2D eigenvalue weighted by atomic mass is 16.3. The summed E-state index contributed by atoms with van der Waals surface area (Å²) in [6.07, 6.45) is 5.28. The first kappa shape index (κ1) is 14.9. The van der Waals surface area contributed by atoms with Crippen LogP contribution in [0.2, 0.25) is 0 Å². The smallest absolute Gasteiger partial charge is 0.120 e. The van der Waals surface area contributed by atoms with Crippen LogP contribution < -0.4 is 5.32 Å². The molecule has 1 spiro atoms. The van der Waals surface area contributed by atoms with Crippen molar-refractivity contribution in [2.24, 2.45) is 5.41 Å². The van der Waals surface area contributed by atoms with E-state index in [4.69, 9.17) is 0 Å². The number of nitrogens with zero attached hydrogens (tertiary/aromatic N) is 1. The number of likely N-dealkylation sites (tertiary alicyclic amines) is 1. The minimum atomic E-state index is 0.295. The molecule has 0 aromatic heterocycles. The Morgan fingerprint density at radius 2 is 2.10 bits per heavy atom. The third-order valence-corrected chi connectivity index (χ3v) is 5.43. The SMILES string of the molecule is Cc1ccc(O)c(C(C)N2CCCC3(CCCNC3)C2)c1. The maximum atomic E-state index is 10.2. The molecule has 2 fully saturated rings. The second kappa shape index (κ2) is 5.98. The molecule has 1 aromatic carbocycles. The van der Waals surface area contributed by atoms with E-state index in [2.05, 4.69) is 30.1 Å². The molecule has 2 aliphatic rings. The number of phenols is 1. The standard InChI is InChI=1S/C18H28N2O/c1-14-5-6-17(21)16(11-14)15(2)20-10-4-8-18(13-20)7-3-9-19-12-18/h5-6,11,15,19,21H,3-4,7-10,12-13H2,1-2H3. The summed E-state index contributed by atoms with van der Waals surface area (Å²) < 4.78 is 0. The summed E-state index contributed by atoms with van der Waals surface area (Å²) in [4.78, 5) is 2.57. The van der Waals surface area contributed by atoms with E-state index < -0.39 is 0 Å². The Bertz CT molecular complexity index is 488. The van der Waals surface area contributed by atoms with Gasteiger partial charge in [-0.15, -0.1) is 0 Å². The van der Waals surface area contributed by atoms with Gasteiger partial charge in [0.1, 0.15) is 5.75 Å². The fraction of sp³-hybridized carbons (Fsp3) is 0.667. The average Bonchev–Trinajstić information content (AvgIpc) is 2.50. The highest BCUT2D eigenvalue weighted by Gasteiger charge is 2.38. The van der Waals surface area contributed by atoms with Gasteiger partial charge in [0.25, 0.3) is 0 Å². The van der Waals surface area contributed by atoms with Gasteiger partial charge in [-0.25, -0.2) is 0 Å². The third kappa shape index (κ3) is 3.09. The minimum Gasteiger partial charge on any atom is -0.508 e. The van der Waals surface area contributed by atoms with Crippen molar-refractivity contribution < 1.29 is 5.11 Å². The Kier molecular flexibility index (Phi) is 4.23. The van der Waals surface area contributed by atoms with Crippen LogP contribution in [-0.4, -0.2) is 36.2 Å². The lowest BCUT2D eigenvalue weighted by Gasteiger charge is -2.47. The summed E-state index contributed by atoms with van der Waals surface area (Å²) >= 11 is 0. The number of aryl methyl sites for hydroxylation is 1. The molecule has 2 heterocycles. The Morgan fingerprint density at radius 3 is 2.86 bits per heavy atom. The first-order valence-electron chi connectivity index (χ1n) is 8.34. The van der Waals surface area contributed by atoms with Gasteiger partial charge in [0.15, 0.2) is 0 Å². The highest BCUT2D eigenvalue weighted by molar-refractivity contribution is 5.37. The molecule has 2 saturated heterocycles. The second-order valence-electron chi connectivity index (χ2n) is 7.09. The third-order valence-electron chi connectivity index (χ3n) is 5.43. The van der Waals surface area contributed by atoms with Crippen LogP contribution in [0.3, 0.4) is 0 Å². The molecule has 2 aliphatic heterocycles. The number of nitrogens with one attached hydrogen (secondary N) is 1. The molecule has 0 amide bonds. The Morgan fingerprint density at radius 1 is 1.29 bits per heavy atom. The van der Waals surface area contributed by atoms with Crippen molar-refractivity contribution in [2.45, 2.75) is 45.6 Å². The number of rotatable bonds is 2. The van der Waals surface area contributed by atoms with Gasteiger partial charge in [0.2, 0.25) is 0 Å². The van der Waals surface area contributed by atoms with Crippen LogP contribution in [0.4, 0.5) is 0 Å². The van der Waals surface area contributed by atoms with Crippen molar-refractivity contribution >= 4 is 0 Å². The topological polar surface area (TPSA) is 35.5 Å². The largest absolute Gasteiger partial charge is 0.508 e. The van der Waals surface area contributed by atoms with Gasteiger partial charge in [-0.05, 0) is 64.1 Å².